The predicted molar refractivity (Wildman–Crippen MR) is 121 cm³/mol. The summed E-state index contributed by atoms with van der Waals surface area (Å²) < 4.78 is 27.1. The first-order valence-electron chi connectivity index (χ1n) is 10.5. The predicted octanol–water partition coefficient (Wildman–Crippen LogP) is 0.734. The second-order valence-corrected chi connectivity index (χ2v) is 7.84. The third-order valence-corrected chi connectivity index (χ3v) is 4.82. The van der Waals surface area contributed by atoms with E-state index in [1.165, 1.54) is 13.8 Å². The molecule has 0 aliphatic carbocycles. The minimum absolute atomic E-state index is 0.157. The largest absolute Gasteiger partial charge is 0.463 e. The van der Waals surface area contributed by atoms with Crippen LogP contribution in [0.1, 0.15) is 33.3 Å². The maximum atomic E-state index is 11.8. The molecular formula is C22H28N2O9S. The van der Waals surface area contributed by atoms with Crippen LogP contribution in [0.15, 0.2) is 30.3 Å². The quantitative estimate of drug-likeness (QED) is 0.298. The maximum Gasteiger partial charge on any atom is 0.303 e. The van der Waals surface area contributed by atoms with Gasteiger partial charge >= 0.3 is 23.9 Å². The number of rotatable bonds is 8. The number of hydrogen-bond donors (Lipinski definition) is 2. The van der Waals surface area contributed by atoms with Crippen molar-refractivity contribution in [3.05, 3.63) is 35.9 Å². The first kappa shape index (κ1) is 27.0. The summed E-state index contributed by atoms with van der Waals surface area (Å²) in [5.41, 5.74) is 0.966. The molecule has 12 heteroatoms. The molecule has 1 aromatic rings. The van der Waals surface area contributed by atoms with E-state index in [0.29, 0.717) is 6.54 Å². The molecule has 0 aromatic heterocycles. The maximum absolute atomic E-state index is 11.8. The van der Waals surface area contributed by atoms with Crippen LogP contribution in [-0.4, -0.2) is 66.2 Å². The normalized spacial score (nSPS) is 23.7. The Bertz CT molecular complexity index is 896. The Morgan fingerprint density at radius 3 is 1.97 bits per heavy atom. The molecule has 11 nitrogen and oxygen atoms in total. The second kappa shape index (κ2) is 12.8. The van der Waals surface area contributed by atoms with Crippen LogP contribution < -0.4 is 10.6 Å². The van der Waals surface area contributed by atoms with Crippen LogP contribution in [0.5, 0.6) is 0 Å². The van der Waals surface area contributed by atoms with E-state index < -0.39 is 54.5 Å². The van der Waals surface area contributed by atoms with Gasteiger partial charge in [-0.05, 0) is 17.8 Å². The van der Waals surface area contributed by atoms with E-state index in [4.69, 9.17) is 35.9 Å². The van der Waals surface area contributed by atoms with E-state index in [2.05, 4.69) is 10.6 Å². The standard InChI is InChI=1S/C22H28N2O9S/c1-12(25)29-11-17-18(30-13(2)26)19(31-14(3)27)20(32-15(4)28)21(33-17)24-22(34)23-10-16-8-6-5-7-9-16/h5-9,17-21H,10-11H2,1-4H3,(H2,23,24,34)/t17-,18+,19-,20+,21-/m0/s1. The zero-order chi connectivity index (χ0) is 25.3. The van der Waals surface area contributed by atoms with Gasteiger partial charge in [0.2, 0.25) is 0 Å². The summed E-state index contributed by atoms with van der Waals surface area (Å²) in [6.45, 7) is 4.76. The van der Waals surface area contributed by atoms with Crippen molar-refractivity contribution in [3.63, 3.8) is 0 Å². The molecule has 0 radical (unpaired) electrons. The van der Waals surface area contributed by atoms with E-state index in [1.54, 1.807) is 0 Å². The lowest BCUT2D eigenvalue weighted by Gasteiger charge is -2.44. The van der Waals surface area contributed by atoms with Gasteiger partial charge in [-0.15, -0.1) is 0 Å². The van der Waals surface area contributed by atoms with Gasteiger partial charge in [-0.25, -0.2) is 0 Å². The summed E-state index contributed by atoms with van der Waals surface area (Å²) in [7, 11) is 0. The van der Waals surface area contributed by atoms with Crippen LogP contribution in [0, 0.1) is 0 Å². The number of thiocarbonyl (C=S) groups is 1. The van der Waals surface area contributed by atoms with Crippen molar-refractivity contribution in [1.29, 1.82) is 0 Å². The molecule has 1 heterocycles. The minimum atomic E-state index is -1.27. The van der Waals surface area contributed by atoms with Gasteiger partial charge in [0.05, 0.1) is 0 Å². The number of carbonyl (C=O) groups is 4. The fourth-order valence-corrected chi connectivity index (χ4v) is 3.49. The molecule has 1 aliphatic rings. The summed E-state index contributed by atoms with van der Waals surface area (Å²) in [4.78, 5) is 46.8. The van der Waals surface area contributed by atoms with Crippen LogP contribution in [0.3, 0.4) is 0 Å². The topological polar surface area (TPSA) is 138 Å². The SMILES string of the molecule is CC(=O)OC[C@@H]1O[C@H](NC(=S)NCc2ccccc2)[C@H](OC(C)=O)[C@@H](OC(C)=O)[C@@H]1OC(C)=O. The molecule has 1 aromatic carbocycles. The highest BCUT2D eigenvalue weighted by Gasteiger charge is 2.52. The number of ether oxygens (including phenoxy) is 5. The lowest BCUT2D eigenvalue weighted by atomic mass is 9.97. The Hall–Kier alpha value is -3.25. The smallest absolute Gasteiger partial charge is 0.303 e. The van der Waals surface area contributed by atoms with Gasteiger partial charge in [0.25, 0.3) is 0 Å². The van der Waals surface area contributed by atoms with Crippen LogP contribution in [0.2, 0.25) is 0 Å². The molecule has 34 heavy (non-hydrogen) atoms. The van der Waals surface area contributed by atoms with Crippen molar-refractivity contribution in [2.75, 3.05) is 6.61 Å². The van der Waals surface area contributed by atoms with E-state index in [0.717, 1.165) is 19.4 Å². The van der Waals surface area contributed by atoms with Crippen LogP contribution in [-0.2, 0) is 49.4 Å². The average molecular weight is 497 g/mol. The fourth-order valence-electron chi connectivity index (χ4n) is 3.30. The van der Waals surface area contributed by atoms with Crippen molar-refractivity contribution in [2.45, 2.75) is 64.9 Å². The monoisotopic (exact) mass is 496 g/mol. The van der Waals surface area contributed by atoms with Gasteiger partial charge in [-0.3, -0.25) is 19.2 Å². The Kier molecular flexibility index (Phi) is 10.2. The van der Waals surface area contributed by atoms with Gasteiger partial charge in [0, 0.05) is 34.2 Å². The summed E-state index contributed by atoms with van der Waals surface area (Å²) >= 11 is 5.35. The molecule has 0 unspecified atom stereocenters. The molecule has 2 N–H and O–H groups in total. The van der Waals surface area contributed by atoms with Crippen LogP contribution in [0.25, 0.3) is 0 Å². The first-order valence-corrected chi connectivity index (χ1v) is 10.9. The molecule has 1 saturated heterocycles. The van der Waals surface area contributed by atoms with E-state index in [9.17, 15) is 19.2 Å². The van der Waals surface area contributed by atoms with Gasteiger partial charge in [-0.2, -0.15) is 0 Å². The Morgan fingerprint density at radius 1 is 0.853 bits per heavy atom. The Balaban J connectivity index is 2.29. The summed E-state index contributed by atoms with van der Waals surface area (Å²) in [5.74, 6) is -2.70. The second-order valence-electron chi connectivity index (χ2n) is 7.43. The van der Waals surface area contributed by atoms with Crippen molar-refractivity contribution < 1.29 is 42.9 Å². The molecule has 0 amide bonds. The van der Waals surface area contributed by atoms with Gasteiger partial charge in [0.1, 0.15) is 12.7 Å². The van der Waals surface area contributed by atoms with Crippen molar-refractivity contribution in [3.8, 4) is 0 Å². The van der Waals surface area contributed by atoms with Crippen molar-refractivity contribution in [1.82, 2.24) is 10.6 Å². The zero-order valence-corrected chi connectivity index (χ0v) is 20.1. The molecule has 1 aliphatic heterocycles. The third kappa shape index (κ3) is 8.60. The van der Waals surface area contributed by atoms with Gasteiger partial charge in [0.15, 0.2) is 29.7 Å². The van der Waals surface area contributed by atoms with E-state index in [1.807, 2.05) is 30.3 Å². The Labute approximate surface area is 202 Å². The molecule has 0 bridgehead atoms. The lowest BCUT2D eigenvalue weighted by Crippen LogP contribution is -2.66. The molecule has 2 rings (SSSR count). The molecule has 186 valence electrons. The minimum Gasteiger partial charge on any atom is -0.463 e. The summed E-state index contributed by atoms with van der Waals surface area (Å²) in [6.07, 6.45) is -5.92. The number of benzene rings is 1. The van der Waals surface area contributed by atoms with E-state index >= 15 is 0 Å². The molecular weight excluding hydrogens is 468 g/mol. The zero-order valence-electron chi connectivity index (χ0n) is 19.3. The Morgan fingerprint density at radius 2 is 1.41 bits per heavy atom. The van der Waals surface area contributed by atoms with Gasteiger partial charge < -0.3 is 34.3 Å². The summed E-state index contributed by atoms with van der Waals surface area (Å²) in [5, 5.41) is 6.05. The molecule has 0 saturated carbocycles. The van der Waals surface area contributed by atoms with Crippen LogP contribution in [0.4, 0.5) is 0 Å². The highest BCUT2D eigenvalue weighted by molar-refractivity contribution is 7.80. The van der Waals surface area contributed by atoms with Crippen LogP contribution >= 0.6 is 12.2 Å². The van der Waals surface area contributed by atoms with Gasteiger partial charge in [-0.1, -0.05) is 30.3 Å². The highest BCUT2D eigenvalue weighted by Crippen LogP contribution is 2.28. The summed E-state index contributed by atoms with van der Waals surface area (Å²) in [6, 6.07) is 9.46. The lowest BCUT2D eigenvalue weighted by molar-refractivity contribution is -0.254. The number of carbonyl (C=O) groups excluding carboxylic acids is 4. The highest BCUT2D eigenvalue weighted by atomic mass is 32.1. The molecule has 1 fully saturated rings. The third-order valence-electron chi connectivity index (χ3n) is 4.56. The van der Waals surface area contributed by atoms with Crippen molar-refractivity contribution in [2.24, 2.45) is 0 Å². The van der Waals surface area contributed by atoms with E-state index in [-0.39, 0.29) is 11.7 Å². The first-order chi connectivity index (χ1) is 16.1. The molecule has 0 spiro atoms. The molecule has 5 atom stereocenters. The van der Waals surface area contributed by atoms with Crippen molar-refractivity contribution >= 4 is 41.2 Å². The number of nitrogens with one attached hydrogen (secondary N) is 2. The fraction of sp³-hybridized carbons (Fsp3) is 0.500. The average Bonchev–Trinajstić information content (AvgIpc) is 2.75. The number of esters is 4. The number of hydrogen-bond acceptors (Lipinski definition) is 10.